The lowest BCUT2D eigenvalue weighted by molar-refractivity contribution is -0.116. The molecule has 0 bridgehead atoms. The fourth-order valence-corrected chi connectivity index (χ4v) is 3.08. The summed E-state index contributed by atoms with van der Waals surface area (Å²) in [7, 11) is 0. The fraction of sp³-hybridized carbons (Fsp3) is 0.200. The third-order valence-electron chi connectivity index (χ3n) is 3.31. The van der Waals surface area contributed by atoms with Gasteiger partial charge in [0, 0.05) is 12.5 Å². The van der Waals surface area contributed by atoms with Crippen LogP contribution in [0, 0.1) is 0 Å². The molecule has 1 unspecified atom stereocenters. The quantitative estimate of drug-likeness (QED) is 0.875. The zero-order valence-corrected chi connectivity index (χ0v) is 11.8. The molecule has 2 aromatic rings. The molecule has 5 heteroatoms. The highest BCUT2D eigenvalue weighted by molar-refractivity contribution is 7.12. The summed E-state index contributed by atoms with van der Waals surface area (Å²) in [5, 5.41) is 4.73. The van der Waals surface area contributed by atoms with Crippen LogP contribution in [-0.2, 0) is 4.79 Å². The van der Waals surface area contributed by atoms with Crippen LogP contribution in [0.25, 0.3) is 0 Å². The highest BCUT2D eigenvalue weighted by atomic mass is 32.1. The van der Waals surface area contributed by atoms with Crippen molar-refractivity contribution in [3.05, 3.63) is 46.7 Å². The molecule has 0 spiro atoms. The largest absolute Gasteiger partial charge is 0.324 e. The SMILES string of the molecule is CC1CC(=O)Nc2ccccc2N1C(=O)c1cccs1. The third kappa shape index (κ3) is 2.20. The molecule has 0 saturated heterocycles. The molecule has 0 saturated carbocycles. The standard InChI is InChI=1S/C15H14N2O2S/c1-10-9-14(18)16-11-5-2-3-6-12(11)17(10)15(19)13-7-4-8-20-13/h2-8,10H,9H2,1H3,(H,16,18). The van der Waals surface area contributed by atoms with Crippen LogP contribution in [0.4, 0.5) is 11.4 Å². The Hall–Kier alpha value is -2.14. The van der Waals surface area contributed by atoms with E-state index < -0.39 is 0 Å². The summed E-state index contributed by atoms with van der Waals surface area (Å²) >= 11 is 1.41. The Bertz CT molecular complexity index is 652. The predicted molar refractivity (Wildman–Crippen MR) is 80.3 cm³/mol. The summed E-state index contributed by atoms with van der Waals surface area (Å²) in [5.74, 6) is -0.122. The minimum atomic E-state index is -0.173. The minimum Gasteiger partial charge on any atom is -0.324 e. The molecule has 0 fully saturated rings. The molecule has 1 aliphatic rings. The lowest BCUT2D eigenvalue weighted by Gasteiger charge is -2.27. The predicted octanol–water partition coefficient (Wildman–Crippen LogP) is 3.13. The van der Waals surface area contributed by atoms with Crippen molar-refractivity contribution < 1.29 is 9.59 Å². The average Bonchev–Trinajstić information content (AvgIpc) is 2.90. The van der Waals surface area contributed by atoms with Gasteiger partial charge in [-0.2, -0.15) is 0 Å². The molecule has 1 N–H and O–H groups in total. The minimum absolute atomic E-state index is 0.0588. The second-order valence-electron chi connectivity index (χ2n) is 4.77. The van der Waals surface area contributed by atoms with Crippen LogP contribution in [0.3, 0.4) is 0 Å². The van der Waals surface area contributed by atoms with Crippen molar-refractivity contribution in [3.8, 4) is 0 Å². The van der Waals surface area contributed by atoms with Crippen LogP contribution in [0.1, 0.15) is 23.0 Å². The van der Waals surface area contributed by atoms with Gasteiger partial charge in [-0.25, -0.2) is 0 Å². The van der Waals surface area contributed by atoms with Gasteiger partial charge < -0.3 is 10.2 Å². The zero-order valence-electron chi connectivity index (χ0n) is 11.0. The monoisotopic (exact) mass is 286 g/mol. The van der Waals surface area contributed by atoms with E-state index >= 15 is 0 Å². The average molecular weight is 286 g/mol. The molecular weight excluding hydrogens is 272 g/mol. The highest BCUT2D eigenvalue weighted by Gasteiger charge is 2.30. The van der Waals surface area contributed by atoms with Gasteiger partial charge in [0.2, 0.25) is 5.91 Å². The van der Waals surface area contributed by atoms with Crippen molar-refractivity contribution in [3.63, 3.8) is 0 Å². The van der Waals surface area contributed by atoms with Crippen LogP contribution in [0.5, 0.6) is 0 Å². The first kappa shape index (κ1) is 12.9. The van der Waals surface area contributed by atoms with Crippen LogP contribution < -0.4 is 10.2 Å². The van der Waals surface area contributed by atoms with Gasteiger partial charge in [-0.05, 0) is 30.5 Å². The smallest absolute Gasteiger partial charge is 0.268 e. The van der Waals surface area contributed by atoms with E-state index in [0.717, 1.165) is 5.69 Å². The topological polar surface area (TPSA) is 49.4 Å². The van der Waals surface area contributed by atoms with E-state index in [1.165, 1.54) is 11.3 Å². The molecule has 1 aromatic carbocycles. The number of nitrogens with zero attached hydrogens (tertiary/aromatic N) is 1. The van der Waals surface area contributed by atoms with Crippen molar-refractivity contribution in [2.75, 3.05) is 10.2 Å². The number of para-hydroxylation sites is 2. The maximum Gasteiger partial charge on any atom is 0.268 e. The lowest BCUT2D eigenvalue weighted by Crippen LogP contribution is -2.38. The molecule has 102 valence electrons. The first-order chi connectivity index (χ1) is 9.66. The molecule has 20 heavy (non-hydrogen) atoms. The number of amides is 2. The molecule has 2 heterocycles. The molecule has 0 aliphatic carbocycles. The Morgan fingerprint density at radius 2 is 2.10 bits per heavy atom. The van der Waals surface area contributed by atoms with Gasteiger partial charge in [0.05, 0.1) is 16.3 Å². The van der Waals surface area contributed by atoms with Crippen LogP contribution in [-0.4, -0.2) is 17.9 Å². The van der Waals surface area contributed by atoms with Gasteiger partial charge >= 0.3 is 0 Å². The third-order valence-corrected chi connectivity index (χ3v) is 4.17. The van der Waals surface area contributed by atoms with Gasteiger partial charge in [0.25, 0.3) is 5.91 Å². The molecular formula is C15H14N2O2S. The molecule has 0 radical (unpaired) electrons. The van der Waals surface area contributed by atoms with Gasteiger partial charge in [0.15, 0.2) is 0 Å². The Labute approximate surface area is 121 Å². The number of hydrogen-bond acceptors (Lipinski definition) is 3. The summed E-state index contributed by atoms with van der Waals surface area (Å²) in [4.78, 5) is 26.9. The Kier molecular flexibility index (Phi) is 3.28. The summed E-state index contributed by atoms with van der Waals surface area (Å²) in [6.07, 6.45) is 0.297. The van der Waals surface area contributed by atoms with Crippen molar-refractivity contribution in [2.45, 2.75) is 19.4 Å². The first-order valence-electron chi connectivity index (χ1n) is 6.43. The molecule has 1 aromatic heterocycles. The number of hydrogen-bond donors (Lipinski definition) is 1. The van der Waals surface area contributed by atoms with Crippen molar-refractivity contribution in [1.29, 1.82) is 0 Å². The normalized spacial score (nSPS) is 18.1. The zero-order chi connectivity index (χ0) is 14.1. The number of fused-ring (bicyclic) bond motifs is 1. The molecule has 3 rings (SSSR count). The number of carbonyl (C=O) groups excluding carboxylic acids is 2. The molecule has 1 atom stereocenters. The van der Waals surface area contributed by atoms with E-state index in [-0.39, 0.29) is 17.9 Å². The summed E-state index contributed by atoms with van der Waals surface area (Å²) in [6, 6.07) is 10.9. The Morgan fingerprint density at radius 1 is 1.30 bits per heavy atom. The van der Waals surface area contributed by atoms with E-state index in [1.807, 2.05) is 48.7 Å². The maximum atomic E-state index is 12.7. The van der Waals surface area contributed by atoms with E-state index in [2.05, 4.69) is 5.32 Å². The molecule has 1 aliphatic heterocycles. The Morgan fingerprint density at radius 3 is 2.85 bits per heavy atom. The van der Waals surface area contributed by atoms with E-state index in [1.54, 1.807) is 4.90 Å². The molecule has 2 amide bonds. The van der Waals surface area contributed by atoms with Gasteiger partial charge in [-0.3, -0.25) is 9.59 Å². The van der Waals surface area contributed by atoms with Gasteiger partial charge in [0.1, 0.15) is 0 Å². The lowest BCUT2D eigenvalue weighted by atomic mass is 10.1. The summed E-state index contributed by atoms with van der Waals surface area (Å²) in [6.45, 7) is 1.90. The van der Waals surface area contributed by atoms with E-state index in [4.69, 9.17) is 0 Å². The summed E-state index contributed by atoms with van der Waals surface area (Å²) in [5.41, 5.74) is 1.44. The van der Waals surface area contributed by atoms with Crippen LogP contribution >= 0.6 is 11.3 Å². The molecule has 4 nitrogen and oxygen atoms in total. The number of anilines is 2. The summed E-state index contributed by atoms with van der Waals surface area (Å²) < 4.78 is 0. The number of nitrogens with one attached hydrogen (secondary N) is 1. The first-order valence-corrected chi connectivity index (χ1v) is 7.30. The Balaban J connectivity index is 2.08. The van der Waals surface area contributed by atoms with Crippen molar-refractivity contribution >= 4 is 34.5 Å². The van der Waals surface area contributed by atoms with Gasteiger partial charge in [-0.1, -0.05) is 18.2 Å². The second-order valence-corrected chi connectivity index (χ2v) is 5.72. The highest BCUT2D eigenvalue weighted by Crippen LogP contribution is 2.32. The number of rotatable bonds is 1. The number of thiophene rings is 1. The van der Waals surface area contributed by atoms with E-state index in [0.29, 0.717) is 17.0 Å². The van der Waals surface area contributed by atoms with E-state index in [9.17, 15) is 9.59 Å². The van der Waals surface area contributed by atoms with Crippen molar-refractivity contribution in [1.82, 2.24) is 0 Å². The van der Waals surface area contributed by atoms with Gasteiger partial charge in [-0.15, -0.1) is 11.3 Å². The second kappa shape index (κ2) is 5.09. The van der Waals surface area contributed by atoms with Crippen LogP contribution in [0.15, 0.2) is 41.8 Å². The van der Waals surface area contributed by atoms with Crippen LogP contribution in [0.2, 0.25) is 0 Å². The fourth-order valence-electron chi connectivity index (χ4n) is 2.42. The maximum absolute atomic E-state index is 12.7. The number of carbonyl (C=O) groups is 2. The van der Waals surface area contributed by atoms with Crippen molar-refractivity contribution in [2.24, 2.45) is 0 Å². The number of benzene rings is 1.